The van der Waals surface area contributed by atoms with Gasteiger partial charge in [-0.3, -0.25) is 4.99 Å². The number of benzene rings is 1. The van der Waals surface area contributed by atoms with E-state index in [1.807, 2.05) is 18.0 Å². The van der Waals surface area contributed by atoms with Crippen LogP contribution < -0.4 is 5.32 Å². The van der Waals surface area contributed by atoms with Gasteiger partial charge in [0.25, 0.3) is 0 Å². The Hall–Kier alpha value is -0.890. The molecule has 0 atom stereocenters. The summed E-state index contributed by atoms with van der Waals surface area (Å²) in [5.41, 5.74) is 0.919. The molecule has 1 aromatic carbocycles. The van der Waals surface area contributed by atoms with Crippen LogP contribution in [0.4, 0.5) is 4.39 Å². The van der Waals surface area contributed by atoms with E-state index < -0.39 is 0 Å². The van der Waals surface area contributed by atoms with Gasteiger partial charge < -0.3 is 15.0 Å². The third kappa shape index (κ3) is 7.04. The summed E-state index contributed by atoms with van der Waals surface area (Å²) in [4.78, 5) is 6.16. The van der Waals surface area contributed by atoms with E-state index in [1.165, 1.54) is 12.1 Å². The van der Waals surface area contributed by atoms with Crippen molar-refractivity contribution in [3.05, 3.63) is 35.6 Å². The highest BCUT2D eigenvalue weighted by Gasteiger charge is 2.06. The van der Waals surface area contributed by atoms with Gasteiger partial charge in [-0.2, -0.15) is 0 Å². The molecule has 0 saturated carbocycles. The van der Waals surface area contributed by atoms with Crippen LogP contribution in [-0.4, -0.2) is 45.2 Å². The van der Waals surface area contributed by atoms with Crippen molar-refractivity contribution in [2.75, 3.05) is 34.4 Å². The Balaban J connectivity index is 0.00000361. The number of hydrogen-bond donors (Lipinski definition) is 1. The van der Waals surface area contributed by atoms with Crippen LogP contribution in [0.1, 0.15) is 12.0 Å². The highest BCUT2D eigenvalue weighted by molar-refractivity contribution is 14.0. The molecule has 0 saturated heterocycles. The second kappa shape index (κ2) is 10.8. The van der Waals surface area contributed by atoms with Gasteiger partial charge in [-0.25, -0.2) is 4.39 Å². The van der Waals surface area contributed by atoms with Gasteiger partial charge >= 0.3 is 0 Å². The summed E-state index contributed by atoms with van der Waals surface area (Å²) in [6, 6.07) is 6.60. The van der Waals surface area contributed by atoms with Crippen molar-refractivity contribution in [3.63, 3.8) is 0 Å². The largest absolute Gasteiger partial charge is 0.385 e. The Labute approximate surface area is 137 Å². The predicted octanol–water partition coefficient (Wildman–Crippen LogP) is 2.49. The van der Waals surface area contributed by atoms with Crippen LogP contribution in [0.5, 0.6) is 0 Å². The van der Waals surface area contributed by atoms with Crippen molar-refractivity contribution >= 4 is 29.9 Å². The monoisotopic (exact) mass is 395 g/mol. The van der Waals surface area contributed by atoms with Crippen LogP contribution in [0.15, 0.2) is 29.3 Å². The molecule has 0 radical (unpaired) electrons. The zero-order chi connectivity index (χ0) is 14.1. The minimum absolute atomic E-state index is 0. The van der Waals surface area contributed by atoms with Gasteiger partial charge in [0.15, 0.2) is 5.96 Å². The summed E-state index contributed by atoms with van der Waals surface area (Å²) in [7, 11) is 5.35. The van der Waals surface area contributed by atoms with Crippen LogP contribution in [0.2, 0.25) is 0 Å². The predicted molar refractivity (Wildman–Crippen MR) is 91.1 cm³/mol. The zero-order valence-corrected chi connectivity index (χ0v) is 14.6. The van der Waals surface area contributed by atoms with Gasteiger partial charge in [-0.1, -0.05) is 12.1 Å². The Morgan fingerprint density at radius 1 is 1.45 bits per heavy atom. The fraction of sp³-hybridized carbons (Fsp3) is 0.500. The summed E-state index contributed by atoms with van der Waals surface area (Å²) in [5.74, 6) is 0.578. The molecule has 0 aliphatic carbocycles. The first-order valence-corrected chi connectivity index (χ1v) is 6.32. The summed E-state index contributed by atoms with van der Waals surface area (Å²) in [6.07, 6.45) is 0.920. The van der Waals surface area contributed by atoms with E-state index in [4.69, 9.17) is 4.74 Å². The molecule has 20 heavy (non-hydrogen) atoms. The van der Waals surface area contributed by atoms with E-state index in [9.17, 15) is 4.39 Å². The number of methoxy groups -OCH3 is 1. The van der Waals surface area contributed by atoms with Crippen molar-refractivity contribution in [2.45, 2.75) is 13.0 Å². The first-order chi connectivity index (χ1) is 9.17. The maximum Gasteiger partial charge on any atom is 0.193 e. The quantitative estimate of drug-likeness (QED) is 0.348. The maximum atomic E-state index is 13.1. The molecule has 0 fully saturated rings. The van der Waals surface area contributed by atoms with Crippen molar-refractivity contribution in [1.82, 2.24) is 10.2 Å². The van der Waals surface area contributed by atoms with Crippen LogP contribution in [0.25, 0.3) is 0 Å². The molecule has 1 rings (SSSR count). The lowest BCUT2D eigenvalue weighted by Gasteiger charge is -2.22. The molecule has 0 aromatic heterocycles. The number of guanidine groups is 1. The molecule has 1 N–H and O–H groups in total. The van der Waals surface area contributed by atoms with Gasteiger partial charge in [0.05, 0.1) is 0 Å². The lowest BCUT2D eigenvalue weighted by Crippen LogP contribution is -2.39. The SMILES string of the molecule is CN=C(NCCCOC)N(C)Cc1cccc(F)c1.I. The van der Waals surface area contributed by atoms with Gasteiger partial charge in [0.1, 0.15) is 5.82 Å². The number of hydrogen-bond acceptors (Lipinski definition) is 2. The number of rotatable bonds is 6. The second-order valence-corrected chi connectivity index (χ2v) is 4.31. The smallest absolute Gasteiger partial charge is 0.193 e. The maximum absolute atomic E-state index is 13.1. The molecular formula is C14H23FIN3O. The fourth-order valence-electron chi connectivity index (χ4n) is 1.79. The summed E-state index contributed by atoms with van der Waals surface area (Å²) in [6.45, 7) is 2.13. The molecule has 0 unspecified atom stereocenters. The lowest BCUT2D eigenvalue weighted by molar-refractivity contribution is 0.195. The Bertz CT molecular complexity index is 415. The van der Waals surface area contributed by atoms with E-state index >= 15 is 0 Å². The molecule has 0 aliphatic rings. The zero-order valence-electron chi connectivity index (χ0n) is 12.2. The third-order valence-corrected chi connectivity index (χ3v) is 2.69. The van der Waals surface area contributed by atoms with E-state index in [1.54, 1.807) is 20.2 Å². The highest BCUT2D eigenvalue weighted by Crippen LogP contribution is 2.06. The first-order valence-electron chi connectivity index (χ1n) is 6.32. The number of aliphatic imine (C=N–C) groups is 1. The van der Waals surface area contributed by atoms with Crippen molar-refractivity contribution in [1.29, 1.82) is 0 Å². The average molecular weight is 395 g/mol. The van der Waals surface area contributed by atoms with Gasteiger partial charge in [-0.15, -0.1) is 24.0 Å². The van der Waals surface area contributed by atoms with Crippen LogP contribution in [0, 0.1) is 5.82 Å². The minimum Gasteiger partial charge on any atom is -0.385 e. The number of ether oxygens (including phenoxy) is 1. The van der Waals surface area contributed by atoms with Gasteiger partial charge in [0.2, 0.25) is 0 Å². The lowest BCUT2D eigenvalue weighted by atomic mass is 10.2. The molecule has 0 amide bonds. The van der Waals surface area contributed by atoms with Crippen LogP contribution in [-0.2, 0) is 11.3 Å². The molecule has 0 aliphatic heterocycles. The average Bonchev–Trinajstić information content (AvgIpc) is 2.38. The van der Waals surface area contributed by atoms with Gasteiger partial charge in [-0.05, 0) is 24.1 Å². The number of halogens is 2. The topological polar surface area (TPSA) is 36.9 Å². The molecular weight excluding hydrogens is 372 g/mol. The summed E-state index contributed by atoms with van der Waals surface area (Å²) in [5, 5.41) is 3.24. The van der Waals surface area contributed by atoms with Crippen molar-refractivity contribution < 1.29 is 9.13 Å². The minimum atomic E-state index is -0.214. The highest BCUT2D eigenvalue weighted by atomic mass is 127. The Kier molecular flexibility index (Phi) is 10.4. The fourth-order valence-corrected chi connectivity index (χ4v) is 1.79. The molecule has 1 aromatic rings. The first kappa shape index (κ1) is 19.1. The Morgan fingerprint density at radius 3 is 2.80 bits per heavy atom. The third-order valence-electron chi connectivity index (χ3n) is 2.69. The number of nitrogens with one attached hydrogen (secondary N) is 1. The van der Waals surface area contributed by atoms with Crippen molar-refractivity contribution in [2.24, 2.45) is 4.99 Å². The van der Waals surface area contributed by atoms with E-state index in [2.05, 4.69) is 10.3 Å². The van der Waals surface area contributed by atoms with Gasteiger partial charge in [0, 0.05) is 40.9 Å². The standard InChI is InChI=1S/C14H22FN3O.HI/c1-16-14(17-8-5-9-19-3)18(2)11-12-6-4-7-13(15)10-12;/h4,6-7,10H,5,8-9,11H2,1-3H3,(H,16,17);1H. The Morgan fingerprint density at radius 2 is 2.20 bits per heavy atom. The number of nitrogens with zero attached hydrogens (tertiary/aromatic N) is 2. The van der Waals surface area contributed by atoms with Crippen LogP contribution in [0.3, 0.4) is 0 Å². The van der Waals surface area contributed by atoms with E-state index in [0.29, 0.717) is 6.54 Å². The molecule has 0 heterocycles. The van der Waals surface area contributed by atoms with Crippen molar-refractivity contribution in [3.8, 4) is 0 Å². The second-order valence-electron chi connectivity index (χ2n) is 4.31. The van der Waals surface area contributed by atoms with E-state index in [0.717, 1.165) is 31.1 Å². The molecule has 0 spiro atoms. The normalized spacial score (nSPS) is 10.9. The molecule has 114 valence electrons. The molecule has 4 nitrogen and oxygen atoms in total. The van der Waals surface area contributed by atoms with Crippen LogP contribution >= 0.6 is 24.0 Å². The van der Waals surface area contributed by atoms with E-state index in [-0.39, 0.29) is 29.8 Å². The summed E-state index contributed by atoms with van der Waals surface area (Å²) < 4.78 is 18.1. The molecule has 6 heteroatoms. The molecule has 0 bridgehead atoms. The summed E-state index contributed by atoms with van der Waals surface area (Å²) >= 11 is 0.